The molecule has 0 bridgehead atoms. The minimum atomic E-state index is -0.549. The quantitative estimate of drug-likeness (QED) is 0.300. The van der Waals surface area contributed by atoms with Gasteiger partial charge in [-0.2, -0.15) is 4.39 Å². The zero-order valence-electron chi connectivity index (χ0n) is 21.2. The van der Waals surface area contributed by atoms with Crippen molar-refractivity contribution in [2.24, 2.45) is 0 Å². The van der Waals surface area contributed by atoms with Crippen molar-refractivity contribution in [3.05, 3.63) is 94.8 Å². The highest BCUT2D eigenvalue weighted by atomic mass is 32.1. The first kappa shape index (κ1) is 25.6. The summed E-state index contributed by atoms with van der Waals surface area (Å²) in [6, 6.07) is 15.0. The minimum absolute atomic E-state index is 0.0485. The smallest absolute Gasteiger partial charge is 0.274 e. The molecule has 5 rings (SSSR count). The maximum atomic E-state index is 13.5. The Bertz CT molecular complexity index is 1430. The van der Waals surface area contributed by atoms with Crippen LogP contribution in [-0.4, -0.2) is 32.9 Å². The number of amides is 2. The molecule has 0 saturated carbocycles. The van der Waals surface area contributed by atoms with Crippen molar-refractivity contribution in [3.63, 3.8) is 0 Å². The van der Waals surface area contributed by atoms with Crippen LogP contribution in [0.1, 0.15) is 66.1 Å². The molecular formula is C28H29FN6O2S. The molecule has 4 aromatic rings. The second-order valence-electron chi connectivity index (χ2n) is 9.40. The number of aromatic nitrogens is 3. The molecule has 0 spiro atoms. The fraction of sp³-hybridized carbons (Fsp3) is 0.286. The lowest BCUT2D eigenvalue weighted by Gasteiger charge is -2.26. The summed E-state index contributed by atoms with van der Waals surface area (Å²) in [6.07, 6.45) is 5.24. The number of thiazole rings is 1. The van der Waals surface area contributed by atoms with E-state index in [0.717, 1.165) is 41.9 Å². The first-order valence-electron chi connectivity index (χ1n) is 12.5. The van der Waals surface area contributed by atoms with Crippen molar-refractivity contribution in [2.75, 3.05) is 16.8 Å². The molecule has 3 aromatic heterocycles. The molecule has 1 aromatic carbocycles. The molecule has 0 aliphatic carbocycles. The van der Waals surface area contributed by atoms with E-state index >= 15 is 0 Å². The molecule has 1 aliphatic rings. The molecule has 2 amide bonds. The first-order chi connectivity index (χ1) is 18.4. The third-order valence-corrected chi connectivity index (χ3v) is 7.46. The van der Waals surface area contributed by atoms with Crippen LogP contribution < -0.4 is 15.5 Å². The number of pyridine rings is 1. The van der Waals surface area contributed by atoms with Crippen molar-refractivity contribution >= 4 is 34.0 Å². The zero-order chi connectivity index (χ0) is 26.6. The lowest BCUT2D eigenvalue weighted by molar-refractivity contribution is -0.119. The van der Waals surface area contributed by atoms with Gasteiger partial charge < -0.3 is 14.8 Å². The van der Waals surface area contributed by atoms with E-state index < -0.39 is 5.95 Å². The van der Waals surface area contributed by atoms with Gasteiger partial charge in [-0.15, -0.1) is 11.3 Å². The number of hydrogen-bond donors (Lipinski definition) is 2. The van der Waals surface area contributed by atoms with E-state index in [1.807, 2.05) is 24.4 Å². The topological polar surface area (TPSA) is 92.2 Å². The number of nitrogens with one attached hydrogen (secondary N) is 2. The highest BCUT2D eigenvalue weighted by molar-refractivity contribution is 7.14. The van der Waals surface area contributed by atoms with Crippen molar-refractivity contribution in [2.45, 2.75) is 45.3 Å². The molecule has 38 heavy (non-hydrogen) atoms. The standard InChI is InChI=1S/C28H29FN6O2S/c1-18(31-19(2)36)21-7-9-22(10-8-21)35-14-4-5-24(35)23-17-38-28(32-23)33-27(37)25-6-3-13-34(25)16-20-11-12-30-26(29)15-20/h3,6-13,15,17-18,24H,4-5,14,16H2,1-2H3,(H,31,36)(H,32,33,37)/t18-,24-/m1/s1. The van der Waals surface area contributed by atoms with Gasteiger partial charge in [-0.1, -0.05) is 12.1 Å². The third kappa shape index (κ3) is 5.75. The van der Waals surface area contributed by atoms with Gasteiger partial charge in [-0.25, -0.2) is 9.97 Å². The lowest BCUT2D eigenvalue weighted by Crippen LogP contribution is -2.24. The predicted octanol–water partition coefficient (Wildman–Crippen LogP) is 5.32. The number of carbonyl (C=O) groups is 2. The summed E-state index contributed by atoms with van der Waals surface area (Å²) < 4.78 is 15.2. The molecule has 10 heteroatoms. The average molecular weight is 533 g/mol. The molecular weight excluding hydrogens is 503 g/mol. The van der Waals surface area contributed by atoms with Gasteiger partial charge in [-0.05, 0) is 67.3 Å². The predicted molar refractivity (Wildman–Crippen MR) is 146 cm³/mol. The van der Waals surface area contributed by atoms with E-state index in [4.69, 9.17) is 4.98 Å². The van der Waals surface area contributed by atoms with Crippen LogP contribution in [0.2, 0.25) is 0 Å². The van der Waals surface area contributed by atoms with Crippen LogP contribution in [-0.2, 0) is 11.3 Å². The average Bonchev–Trinajstić information content (AvgIpc) is 3.65. The largest absolute Gasteiger partial charge is 0.363 e. The number of carbonyl (C=O) groups excluding carboxylic acids is 2. The van der Waals surface area contributed by atoms with Gasteiger partial charge in [0, 0.05) is 43.5 Å². The zero-order valence-corrected chi connectivity index (χ0v) is 22.0. The highest BCUT2D eigenvalue weighted by Crippen LogP contribution is 2.37. The molecule has 0 radical (unpaired) electrons. The fourth-order valence-electron chi connectivity index (χ4n) is 4.88. The minimum Gasteiger partial charge on any atom is -0.363 e. The Labute approximate surface area is 224 Å². The second kappa shape index (κ2) is 11.1. The lowest BCUT2D eigenvalue weighted by atomic mass is 10.1. The van der Waals surface area contributed by atoms with Gasteiger partial charge in [0.15, 0.2) is 5.13 Å². The molecule has 1 fully saturated rings. The molecule has 0 unspecified atom stereocenters. The van der Waals surface area contributed by atoms with Crippen molar-refractivity contribution in [1.82, 2.24) is 19.9 Å². The Kier molecular flexibility index (Phi) is 7.50. The monoisotopic (exact) mass is 532 g/mol. The second-order valence-corrected chi connectivity index (χ2v) is 10.3. The third-order valence-electron chi connectivity index (χ3n) is 6.69. The molecule has 4 heterocycles. The summed E-state index contributed by atoms with van der Waals surface area (Å²) in [4.78, 5) is 35.1. The molecule has 2 atom stereocenters. The van der Waals surface area contributed by atoms with Crippen LogP contribution in [0.25, 0.3) is 0 Å². The van der Waals surface area contributed by atoms with E-state index in [9.17, 15) is 14.0 Å². The number of hydrogen-bond acceptors (Lipinski definition) is 6. The fourth-order valence-corrected chi connectivity index (χ4v) is 5.63. The molecule has 2 N–H and O–H groups in total. The first-order valence-corrected chi connectivity index (χ1v) is 13.4. The molecule has 1 saturated heterocycles. The van der Waals surface area contributed by atoms with Crippen molar-refractivity contribution in [1.29, 1.82) is 0 Å². The Hall–Kier alpha value is -4.05. The Morgan fingerprint density at radius 1 is 1.21 bits per heavy atom. The van der Waals surface area contributed by atoms with Crippen LogP contribution >= 0.6 is 11.3 Å². The van der Waals surface area contributed by atoms with Crippen LogP contribution in [0.5, 0.6) is 0 Å². The Morgan fingerprint density at radius 3 is 2.79 bits per heavy atom. The molecule has 1 aliphatic heterocycles. The van der Waals surface area contributed by atoms with Crippen molar-refractivity contribution in [3.8, 4) is 0 Å². The van der Waals surface area contributed by atoms with Gasteiger partial charge in [-0.3, -0.25) is 14.9 Å². The number of nitrogens with zero attached hydrogens (tertiary/aromatic N) is 4. The van der Waals surface area contributed by atoms with E-state index in [-0.39, 0.29) is 23.9 Å². The Balaban J connectivity index is 1.26. The van der Waals surface area contributed by atoms with Crippen LogP contribution in [0.15, 0.2) is 66.3 Å². The number of anilines is 2. The maximum Gasteiger partial charge on any atom is 0.274 e. The SMILES string of the molecule is CC(=O)N[C@H](C)c1ccc(N2CCC[C@@H]2c2csc(NC(=O)c3cccn3Cc3ccnc(F)c3)n2)cc1. The summed E-state index contributed by atoms with van der Waals surface area (Å²) in [6.45, 7) is 4.77. The Morgan fingerprint density at radius 2 is 2.03 bits per heavy atom. The van der Waals surface area contributed by atoms with Gasteiger partial charge in [0.2, 0.25) is 11.9 Å². The summed E-state index contributed by atoms with van der Waals surface area (Å²) in [5.74, 6) is -0.866. The summed E-state index contributed by atoms with van der Waals surface area (Å²) in [5.41, 5.74) is 4.28. The number of rotatable bonds is 8. The van der Waals surface area contributed by atoms with Crippen LogP contribution in [0.3, 0.4) is 0 Å². The maximum absolute atomic E-state index is 13.5. The van der Waals surface area contributed by atoms with Crippen molar-refractivity contribution < 1.29 is 14.0 Å². The summed E-state index contributed by atoms with van der Waals surface area (Å²) in [5, 5.41) is 8.38. The number of benzene rings is 1. The summed E-state index contributed by atoms with van der Waals surface area (Å²) >= 11 is 1.41. The highest BCUT2D eigenvalue weighted by Gasteiger charge is 2.28. The van der Waals surface area contributed by atoms with Crippen LogP contribution in [0.4, 0.5) is 15.2 Å². The number of halogens is 1. The van der Waals surface area contributed by atoms with E-state index in [0.29, 0.717) is 17.4 Å². The van der Waals surface area contributed by atoms with E-state index in [1.54, 1.807) is 29.0 Å². The van der Waals surface area contributed by atoms with Gasteiger partial charge in [0.05, 0.1) is 17.8 Å². The summed E-state index contributed by atoms with van der Waals surface area (Å²) in [7, 11) is 0. The van der Waals surface area contributed by atoms with Gasteiger partial charge in [0.1, 0.15) is 5.69 Å². The molecule has 8 nitrogen and oxygen atoms in total. The van der Waals surface area contributed by atoms with E-state index in [2.05, 4.69) is 32.7 Å². The van der Waals surface area contributed by atoms with Gasteiger partial charge in [0.25, 0.3) is 5.91 Å². The molecule has 196 valence electrons. The van der Waals surface area contributed by atoms with E-state index in [1.165, 1.54) is 30.5 Å². The normalized spacial score (nSPS) is 15.9. The van der Waals surface area contributed by atoms with Gasteiger partial charge >= 0.3 is 0 Å². The van der Waals surface area contributed by atoms with Crippen LogP contribution in [0, 0.1) is 5.95 Å².